The van der Waals surface area contributed by atoms with Gasteiger partial charge in [0.25, 0.3) is 0 Å². The lowest BCUT2D eigenvalue weighted by Gasteiger charge is -2.37. The molecule has 0 heterocycles. The van der Waals surface area contributed by atoms with E-state index in [0.717, 1.165) is 73.6 Å². The highest BCUT2D eigenvalue weighted by Gasteiger charge is 2.41. The first kappa shape index (κ1) is 121. The van der Waals surface area contributed by atoms with Gasteiger partial charge >= 0.3 is 5.97 Å². The zero-order valence-electron chi connectivity index (χ0n) is 86.0. The smallest absolute Gasteiger partial charge is 0.305 e. The van der Waals surface area contributed by atoms with Crippen molar-refractivity contribution in [3.63, 3.8) is 0 Å². The van der Waals surface area contributed by atoms with E-state index in [9.17, 15) is 4.79 Å². The Morgan fingerprint density at radius 1 is 0.341 bits per heavy atom. The molecule has 24 nitrogen and oxygen atoms in total. The minimum atomic E-state index is -1.20. The third kappa shape index (κ3) is 65.9. The molecule has 1 atom stereocenters. The van der Waals surface area contributed by atoms with Crippen LogP contribution in [0, 0.1) is 11.8 Å². The number of hydrogen-bond donors (Lipinski definition) is 0. The summed E-state index contributed by atoms with van der Waals surface area (Å²) >= 11 is 0. The van der Waals surface area contributed by atoms with E-state index in [4.69, 9.17) is 112 Å². The lowest BCUT2D eigenvalue weighted by molar-refractivity contribution is -0.545. The van der Waals surface area contributed by atoms with E-state index in [1.807, 2.05) is 390 Å². The topological polar surface area (TPSA) is 229 Å². The maximum absolute atomic E-state index is 11.8. The number of esters is 1. The minimum Gasteiger partial charge on any atom is -0.466 e. The van der Waals surface area contributed by atoms with Crippen LogP contribution in [0.2, 0.25) is 0 Å². The number of rotatable bonds is 37. The van der Waals surface area contributed by atoms with Crippen LogP contribution >= 0.6 is 0 Å². The standard InChI is InChI=1S/C20H34O4.C18H22O2.C17H34O6.C16H30O4.C14H28O4.C14H30O4/c1-17(2,3)21-23-19(7,8)15-12-11-13-16(14-15)20(9,10)24-22-18(4,5)6;1-17(2,15-11-7-5-8-12-15)19-20-18(3,4)16-13-9-6-10-14-16;1-9-10-13-19-14(18)11-12-17(8,22-20-15(2,3)4)23-21-16(5,6)7;1-13(2,3)17-19-15(7,8)11-12-16(9,10)20-18-14(4,5)6;1-12(2,3)15-17-14(10-8-7-9-11-14)18-16-13(4,5)6;1-11(2)15-16-12(3)9-10-14(7,8)18-17-13(4,5)6/h11-14H,1-10H3;5-14H,1-4H3;9-13H2,1-8H3;1-10H3;7-11H2,1-6H3;11-12H,9-10H2,1-8H3. The third-order valence-corrected chi connectivity index (χ3v) is 15.4. The molecule has 0 saturated heterocycles. The average molecular weight is 1750 g/mol. The highest BCUT2D eigenvalue weighted by molar-refractivity contribution is 5.69. The van der Waals surface area contributed by atoms with Gasteiger partial charge in [-0.1, -0.05) is 110 Å². The molecule has 718 valence electrons. The number of carbonyl (C=O) groups excluding carboxylic acids is 1. The number of carbonyl (C=O) groups is 1. The molecule has 0 radical (unpaired) electrons. The molecule has 3 aromatic carbocycles. The summed E-state index contributed by atoms with van der Waals surface area (Å²) in [6.07, 6.45) is 9.03. The van der Waals surface area contributed by atoms with Crippen LogP contribution in [0.3, 0.4) is 0 Å². The Labute approximate surface area is 747 Å². The highest BCUT2D eigenvalue weighted by atomic mass is 17.3. The summed E-state index contributed by atoms with van der Waals surface area (Å²) in [5.41, 5.74) is -3.21. The quantitative estimate of drug-likeness (QED) is 0.0130. The summed E-state index contributed by atoms with van der Waals surface area (Å²) in [4.78, 5) is 132. The zero-order chi connectivity index (χ0) is 96.1. The van der Waals surface area contributed by atoms with E-state index < -0.39 is 56.4 Å². The van der Waals surface area contributed by atoms with Crippen LogP contribution in [0.15, 0.2) is 84.9 Å². The van der Waals surface area contributed by atoms with Crippen molar-refractivity contribution in [1.82, 2.24) is 0 Å². The van der Waals surface area contributed by atoms with E-state index in [1.165, 1.54) is 6.42 Å². The fourth-order valence-electron chi connectivity index (χ4n) is 8.62. The first-order valence-electron chi connectivity index (χ1n) is 44.1. The van der Waals surface area contributed by atoms with Crippen molar-refractivity contribution in [3.8, 4) is 11.8 Å². The first-order chi connectivity index (χ1) is 55.2. The van der Waals surface area contributed by atoms with Crippen molar-refractivity contribution < 1.29 is 117 Å². The maximum Gasteiger partial charge on any atom is 0.305 e. The fourth-order valence-corrected chi connectivity index (χ4v) is 8.62. The molecule has 123 heavy (non-hydrogen) atoms. The third-order valence-electron chi connectivity index (χ3n) is 15.4. The molecule has 1 aliphatic rings. The molecule has 24 heteroatoms. The summed E-state index contributed by atoms with van der Waals surface area (Å²) < 4.78 is 5.14. The first-order valence-corrected chi connectivity index (χ1v) is 44.1. The lowest BCUT2D eigenvalue weighted by Crippen LogP contribution is -2.42. The van der Waals surface area contributed by atoms with Gasteiger partial charge in [0.1, 0.15) is 22.4 Å². The van der Waals surface area contributed by atoms with Crippen LogP contribution in [0.4, 0.5) is 0 Å². The van der Waals surface area contributed by atoms with Crippen molar-refractivity contribution in [1.29, 1.82) is 0 Å². The Kier molecular flexibility index (Phi) is 51.1. The van der Waals surface area contributed by atoms with Gasteiger partial charge < -0.3 is 4.74 Å². The van der Waals surface area contributed by atoms with Crippen LogP contribution < -0.4 is 0 Å². The molecule has 1 aliphatic carbocycles. The average Bonchev–Trinajstić information content (AvgIpc) is 0.832. The minimum absolute atomic E-state index is 0.0462. The molecule has 4 rings (SSSR count). The Bertz CT molecular complexity index is 3190. The van der Waals surface area contributed by atoms with Crippen LogP contribution in [0.5, 0.6) is 0 Å². The molecule has 0 amide bonds. The van der Waals surface area contributed by atoms with Crippen LogP contribution in [0.25, 0.3) is 0 Å². The molecule has 0 aliphatic heterocycles. The van der Waals surface area contributed by atoms with E-state index in [1.54, 1.807) is 6.92 Å². The fraction of sp³-hybridized carbons (Fsp3) is 0.788. The Balaban J connectivity index is 0. The normalized spacial score (nSPS) is 14.8. The number of ether oxygens (including phenoxy) is 1. The number of benzene rings is 3. The molecule has 1 unspecified atom stereocenters. The molecule has 0 spiro atoms. The number of unbranched alkanes of at least 4 members (excludes halogenated alkanes) is 1. The summed E-state index contributed by atoms with van der Waals surface area (Å²) in [5.74, 6) is 3.77. The van der Waals surface area contributed by atoms with Gasteiger partial charge in [0.05, 0.1) is 81.2 Å². The van der Waals surface area contributed by atoms with Gasteiger partial charge in [-0.05, 0) is 372 Å². The highest BCUT2D eigenvalue weighted by Crippen LogP contribution is 2.38. The van der Waals surface area contributed by atoms with Crippen LogP contribution in [0.1, 0.15) is 411 Å². The molecular weight excluding hydrogens is 1570 g/mol. The molecule has 0 bridgehead atoms. The van der Waals surface area contributed by atoms with Gasteiger partial charge in [-0.25, -0.2) is 88.0 Å². The Morgan fingerprint density at radius 2 is 0.642 bits per heavy atom. The van der Waals surface area contributed by atoms with Crippen molar-refractivity contribution in [3.05, 3.63) is 107 Å². The molecule has 0 aromatic heterocycles. The van der Waals surface area contributed by atoms with Gasteiger partial charge in [-0.15, -0.1) is 0 Å². The SMILES string of the molecule is CC(C)(C)OOC(C)(C)C#CC(C)(C)OOC(C)(C)C.CC(C)(C)OOC(C)(C)c1cccc(C(C)(C)OOC(C)(C)C)c1.CC(C)(C)OOC1(OOC(C)(C)C)CCCCC1.CC(C)(OOC(C)(C)c1ccccc1)c1ccccc1.CC(C)OOC(C)CCC(C)(C)OOC(C)(C)C.CCCCOC(=O)CCC(C)(OOC(C)(C)C)OOC(C)(C)C. The Morgan fingerprint density at radius 3 is 0.967 bits per heavy atom. The second-order valence-electron chi connectivity index (χ2n) is 44.3. The van der Waals surface area contributed by atoms with Gasteiger partial charge in [0.15, 0.2) is 11.2 Å². The lowest BCUT2D eigenvalue weighted by atomic mass is 9.91. The number of hydrogen-bond acceptors (Lipinski definition) is 24. The van der Waals surface area contributed by atoms with Crippen molar-refractivity contribution in [2.24, 2.45) is 0 Å². The predicted molar refractivity (Wildman–Crippen MR) is 486 cm³/mol. The summed E-state index contributed by atoms with van der Waals surface area (Å²) in [6, 6.07) is 28.3. The molecule has 3 aromatic rings. The summed E-state index contributed by atoms with van der Waals surface area (Å²) in [6.45, 7) is 89.4. The van der Waals surface area contributed by atoms with Crippen LogP contribution in [-0.4, -0.2) is 104 Å². The second-order valence-corrected chi connectivity index (χ2v) is 44.3. The second kappa shape index (κ2) is 52.0. The van der Waals surface area contributed by atoms with Gasteiger partial charge in [-0.2, -0.15) is 19.6 Å². The molecule has 1 saturated carbocycles. The predicted octanol–water partition coefficient (Wildman–Crippen LogP) is 27.0. The largest absolute Gasteiger partial charge is 0.466 e. The zero-order valence-corrected chi connectivity index (χ0v) is 86.0. The summed E-state index contributed by atoms with van der Waals surface area (Å²) in [5, 5.41) is 0. The molecule has 1 fully saturated rings. The summed E-state index contributed by atoms with van der Waals surface area (Å²) in [7, 11) is 0. The molecule has 0 N–H and O–H groups in total. The van der Waals surface area contributed by atoms with Gasteiger partial charge in [-0.3, -0.25) is 4.79 Å². The monoisotopic (exact) mass is 1750 g/mol. The van der Waals surface area contributed by atoms with Crippen LogP contribution in [-0.2, 0) is 139 Å². The van der Waals surface area contributed by atoms with Gasteiger partial charge in [0, 0.05) is 19.3 Å². The van der Waals surface area contributed by atoms with Crippen molar-refractivity contribution >= 4 is 5.97 Å². The van der Waals surface area contributed by atoms with E-state index >= 15 is 0 Å². The van der Waals surface area contributed by atoms with E-state index in [-0.39, 0.29) is 75.8 Å². The van der Waals surface area contributed by atoms with E-state index in [0.29, 0.717) is 6.61 Å². The van der Waals surface area contributed by atoms with Crippen molar-refractivity contribution in [2.45, 2.75) is 503 Å². The maximum atomic E-state index is 11.8. The Hall–Kier alpha value is -4.19. The van der Waals surface area contributed by atoms with E-state index in [2.05, 4.69) is 17.9 Å². The van der Waals surface area contributed by atoms with Crippen molar-refractivity contribution in [2.75, 3.05) is 6.61 Å². The van der Waals surface area contributed by atoms with Gasteiger partial charge in [0.2, 0.25) is 11.6 Å². The molecular formula is C99H178O24.